The first kappa shape index (κ1) is 26.3. The van der Waals surface area contributed by atoms with Gasteiger partial charge in [0.25, 0.3) is 0 Å². The van der Waals surface area contributed by atoms with Crippen LogP contribution in [0.15, 0.2) is 30.3 Å². The van der Waals surface area contributed by atoms with Crippen molar-refractivity contribution in [1.82, 2.24) is 15.5 Å². The number of aliphatic hydroxyl groups is 1. The fourth-order valence-corrected chi connectivity index (χ4v) is 3.91. The molecule has 0 saturated carbocycles. The minimum atomic E-state index is -1.35. The molecule has 33 heavy (non-hydrogen) atoms. The molecule has 1 aliphatic heterocycles. The molecule has 4 atom stereocenters. The maximum absolute atomic E-state index is 12.8. The van der Waals surface area contributed by atoms with E-state index in [9.17, 15) is 29.4 Å². The summed E-state index contributed by atoms with van der Waals surface area (Å²) in [5.41, 5.74) is 6.72. The highest BCUT2D eigenvalue weighted by Gasteiger charge is 2.38. The third-order valence-electron chi connectivity index (χ3n) is 5.59. The van der Waals surface area contributed by atoms with Crippen LogP contribution in [0.5, 0.6) is 0 Å². The van der Waals surface area contributed by atoms with Crippen molar-refractivity contribution < 1.29 is 29.4 Å². The second-order valence-electron chi connectivity index (χ2n) is 8.76. The standard InChI is InChI=1S/C23H34N4O6/c1-14(2)11-16(24)22(31)27-10-6-9-19(27)21(30)26-18(13-28)20(29)25-17(23(32)33)12-15-7-4-3-5-8-15/h3-5,7-8,14,16-19,28H,6,9-13,24H2,1-2H3,(H,25,29)(H,26,30)(H,32,33)/t16-,17-,18-,19-/m0/s1. The summed E-state index contributed by atoms with van der Waals surface area (Å²) in [4.78, 5) is 51.2. The fourth-order valence-electron chi connectivity index (χ4n) is 3.91. The van der Waals surface area contributed by atoms with Gasteiger partial charge in [-0.1, -0.05) is 44.2 Å². The highest BCUT2D eigenvalue weighted by atomic mass is 16.4. The van der Waals surface area contributed by atoms with Gasteiger partial charge in [-0.05, 0) is 30.7 Å². The lowest BCUT2D eigenvalue weighted by molar-refractivity contribution is -0.143. The van der Waals surface area contributed by atoms with Crippen molar-refractivity contribution in [2.24, 2.45) is 11.7 Å². The number of carbonyl (C=O) groups excluding carboxylic acids is 3. The van der Waals surface area contributed by atoms with E-state index in [1.165, 1.54) is 4.90 Å². The van der Waals surface area contributed by atoms with Gasteiger partial charge in [0.1, 0.15) is 18.1 Å². The van der Waals surface area contributed by atoms with Gasteiger partial charge in [0.15, 0.2) is 0 Å². The summed E-state index contributed by atoms with van der Waals surface area (Å²) in [6.07, 6.45) is 1.57. The van der Waals surface area contributed by atoms with E-state index in [-0.39, 0.29) is 18.2 Å². The number of benzene rings is 1. The summed E-state index contributed by atoms with van der Waals surface area (Å²) in [6.45, 7) is 3.57. The zero-order valence-corrected chi connectivity index (χ0v) is 19.1. The number of likely N-dealkylation sites (tertiary alicyclic amines) is 1. The molecule has 1 aliphatic rings. The number of carboxylic acids is 1. The number of hydrogen-bond donors (Lipinski definition) is 5. The number of nitrogens with one attached hydrogen (secondary N) is 2. The van der Waals surface area contributed by atoms with Crippen molar-refractivity contribution in [3.05, 3.63) is 35.9 Å². The van der Waals surface area contributed by atoms with Crippen LogP contribution in [-0.4, -0.2) is 76.1 Å². The number of aliphatic carboxylic acids is 1. The number of hydrogen-bond acceptors (Lipinski definition) is 6. The molecule has 6 N–H and O–H groups in total. The first-order valence-corrected chi connectivity index (χ1v) is 11.2. The maximum atomic E-state index is 12.8. The second kappa shape index (κ2) is 12.3. The first-order valence-electron chi connectivity index (χ1n) is 11.2. The van der Waals surface area contributed by atoms with Crippen LogP contribution in [0.3, 0.4) is 0 Å². The number of aliphatic hydroxyl groups excluding tert-OH is 1. The van der Waals surface area contributed by atoms with E-state index < -0.39 is 48.6 Å². The van der Waals surface area contributed by atoms with Gasteiger partial charge in [0.2, 0.25) is 17.7 Å². The largest absolute Gasteiger partial charge is 0.480 e. The molecule has 1 fully saturated rings. The van der Waals surface area contributed by atoms with Crippen molar-refractivity contribution in [3.8, 4) is 0 Å². The zero-order chi connectivity index (χ0) is 24.5. The molecule has 1 aromatic rings. The Bertz CT molecular complexity index is 832. The minimum Gasteiger partial charge on any atom is -0.480 e. The molecule has 3 amide bonds. The summed E-state index contributed by atoms with van der Waals surface area (Å²) < 4.78 is 0. The van der Waals surface area contributed by atoms with Crippen LogP contribution in [0.1, 0.15) is 38.7 Å². The molecule has 1 heterocycles. The van der Waals surface area contributed by atoms with Crippen LogP contribution >= 0.6 is 0 Å². The predicted molar refractivity (Wildman–Crippen MR) is 121 cm³/mol. The quantitative estimate of drug-likeness (QED) is 0.300. The smallest absolute Gasteiger partial charge is 0.326 e. The van der Waals surface area contributed by atoms with Crippen LogP contribution < -0.4 is 16.4 Å². The highest BCUT2D eigenvalue weighted by Crippen LogP contribution is 2.20. The Hall–Kier alpha value is -2.98. The molecular formula is C23H34N4O6. The normalized spacial score (nSPS) is 18.5. The summed E-state index contributed by atoms with van der Waals surface area (Å²) >= 11 is 0. The Balaban J connectivity index is 2.01. The minimum absolute atomic E-state index is 0.0483. The molecule has 0 radical (unpaired) electrons. The van der Waals surface area contributed by atoms with Crippen molar-refractivity contribution >= 4 is 23.7 Å². The van der Waals surface area contributed by atoms with Gasteiger partial charge >= 0.3 is 5.97 Å². The highest BCUT2D eigenvalue weighted by molar-refractivity contribution is 5.94. The Morgan fingerprint density at radius 1 is 1.12 bits per heavy atom. The molecule has 10 nitrogen and oxygen atoms in total. The lowest BCUT2D eigenvalue weighted by Crippen LogP contribution is -2.57. The van der Waals surface area contributed by atoms with E-state index in [0.717, 1.165) is 0 Å². The molecule has 0 unspecified atom stereocenters. The molecule has 2 rings (SSSR count). The van der Waals surface area contributed by atoms with Gasteiger partial charge in [0, 0.05) is 13.0 Å². The van der Waals surface area contributed by atoms with Gasteiger partial charge < -0.3 is 31.5 Å². The van der Waals surface area contributed by atoms with Crippen LogP contribution in [-0.2, 0) is 25.6 Å². The van der Waals surface area contributed by atoms with E-state index in [2.05, 4.69) is 10.6 Å². The van der Waals surface area contributed by atoms with Gasteiger partial charge in [-0.3, -0.25) is 14.4 Å². The molecule has 0 aliphatic carbocycles. The summed E-state index contributed by atoms with van der Waals surface area (Å²) in [6, 6.07) is 4.69. The summed E-state index contributed by atoms with van der Waals surface area (Å²) in [5, 5.41) is 24.0. The molecule has 182 valence electrons. The van der Waals surface area contributed by atoms with E-state index in [4.69, 9.17) is 5.73 Å². The summed E-state index contributed by atoms with van der Waals surface area (Å²) in [7, 11) is 0. The van der Waals surface area contributed by atoms with Gasteiger partial charge in [0.05, 0.1) is 12.6 Å². The van der Waals surface area contributed by atoms with Crippen LogP contribution in [0.4, 0.5) is 0 Å². The molecule has 1 saturated heterocycles. The van der Waals surface area contributed by atoms with Crippen molar-refractivity contribution in [2.45, 2.75) is 63.7 Å². The molecule has 1 aromatic carbocycles. The fraction of sp³-hybridized carbons (Fsp3) is 0.565. The number of rotatable bonds is 11. The first-order chi connectivity index (χ1) is 15.6. The van der Waals surface area contributed by atoms with Crippen molar-refractivity contribution in [3.63, 3.8) is 0 Å². The third-order valence-corrected chi connectivity index (χ3v) is 5.59. The topological polar surface area (TPSA) is 162 Å². The van der Waals surface area contributed by atoms with Crippen molar-refractivity contribution in [1.29, 1.82) is 0 Å². The van der Waals surface area contributed by atoms with E-state index >= 15 is 0 Å². The summed E-state index contributed by atoms with van der Waals surface area (Å²) in [5.74, 6) is -2.73. The zero-order valence-electron chi connectivity index (χ0n) is 19.1. The van der Waals surface area contributed by atoms with Gasteiger partial charge in [-0.15, -0.1) is 0 Å². The van der Waals surface area contributed by atoms with E-state index in [0.29, 0.717) is 31.4 Å². The number of nitrogens with zero attached hydrogens (tertiary/aromatic N) is 1. The monoisotopic (exact) mass is 462 g/mol. The molecule has 0 bridgehead atoms. The molecule has 0 aromatic heterocycles. The van der Waals surface area contributed by atoms with Crippen LogP contribution in [0.25, 0.3) is 0 Å². The Morgan fingerprint density at radius 3 is 2.36 bits per heavy atom. The predicted octanol–water partition coefficient (Wildman–Crippen LogP) is -0.360. The van der Waals surface area contributed by atoms with Crippen molar-refractivity contribution in [2.75, 3.05) is 13.2 Å². The van der Waals surface area contributed by atoms with Gasteiger partial charge in [-0.25, -0.2) is 4.79 Å². The lowest BCUT2D eigenvalue weighted by atomic mass is 10.0. The average molecular weight is 463 g/mol. The Morgan fingerprint density at radius 2 is 1.79 bits per heavy atom. The molecular weight excluding hydrogens is 428 g/mol. The third kappa shape index (κ3) is 7.54. The Kier molecular flexibility index (Phi) is 9.80. The maximum Gasteiger partial charge on any atom is 0.326 e. The lowest BCUT2D eigenvalue weighted by Gasteiger charge is -2.28. The second-order valence-corrected chi connectivity index (χ2v) is 8.76. The number of carbonyl (C=O) groups is 4. The number of carboxylic acid groups (broad SMARTS) is 1. The van der Waals surface area contributed by atoms with Gasteiger partial charge in [-0.2, -0.15) is 0 Å². The van der Waals surface area contributed by atoms with Crippen LogP contribution in [0, 0.1) is 5.92 Å². The molecule has 0 spiro atoms. The average Bonchev–Trinajstić information content (AvgIpc) is 3.26. The molecule has 10 heteroatoms. The number of nitrogens with two attached hydrogens (primary N) is 1. The Labute approximate surface area is 193 Å². The van der Waals surface area contributed by atoms with E-state index in [1.54, 1.807) is 30.3 Å². The number of amides is 3. The van der Waals surface area contributed by atoms with E-state index in [1.807, 2.05) is 13.8 Å². The van der Waals surface area contributed by atoms with Crippen LogP contribution in [0.2, 0.25) is 0 Å². The SMILES string of the molecule is CC(C)C[C@H](N)C(=O)N1CCC[C@H]1C(=O)N[C@@H](CO)C(=O)N[C@@H](Cc1ccccc1)C(=O)O.